The standard InChI is InChI=1S/C13H19N5O4/c1-6(2)17-5-18(9-3-7(20)8(4-19)22-9)11-10(17)12(21)16-13(14)15-11/h5-9,19-20H,3-4H2,1-2H3,(H2-,14,15,16,21)/p+1/t7-,8+,9+/m0/s1. The zero-order valence-electron chi connectivity index (χ0n) is 12.4. The third kappa shape index (κ3) is 2.27. The van der Waals surface area contributed by atoms with E-state index in [-0.39, 0.29) is 24.2 Å². The topological polar surface area (TPSA) is 130 Å². The first-order valence-electron chi connectivity index (χ1n) is 7.18. The van der Waals surface area contributed by atoms with Crippen molar-refractivity contribution in [2.24, 2.45) is 0 Å². The minimum atomic E-state index is -0.765. The molecule has 9 nitrogen and oxygen atoms in total. The number of hydrogen-bond donors (Lipinski definition) is 4. The number of aliphatic hydroxyl groups is 2. The molecule has 0 spiro atoms. The first-order valence-corrected chi connectivity index (χ1v) is 7.18. The van der Waals surface area contributed by atoms with Gasteiger partial charge < -0.3 is 20.7 Å². The van der Waals surface area contributed by atoms with Gasteiger partial charge in [-0.1, -0.05) is 4.98 Å². The summed E-state index contributed by atoms with van der Waals surface area (Å²) < 4.78 is 9.11. The van der Waals surface area contributed by atoms with E-state index >= 15 is 0 Å². The molecule has 0 aromatic carbocycles. The third-order valence-corrected chi connectivity index (χ3v) is 3.90. The normalized spacial score (nSPS) is 25.4. The number of nitrogens with zero attached hydrogens (tertiary/aromatic N) is 3. The number of ether oxygens (including phenoxy) is 1. The van der Waals surface area contributed by atoms with E-state index in [0.717, 1.165) is 0 Å². The molecule has 0 unspecified atom stereocenters. The van der Waals surface area contributed by atoms with Gasteiger partial charge in [0, 0.05) is 6.42 Å². The van der Waals surface area contributed by atoms with Crippen LogP contribution >= 0.6 is 0 Å². The average Bonchev–Trinajstić information content (AvgIpc) is 2.99. The van der Waals surface area contributed by atoms with Crippen LogP contribution in [0.25, 0.3) is 11.2 Å². The Hall–Kier alpha value is -1.97. The van der Waals surface area contributed by atoms with Crippen molar-refractivity contribution in [3.63, 3.8) is 0 Å². The number of aliphatic hydroxyl groups excluding tert-OH is 2. The summed E-state index contributed by atoms with van der Waals surface area (Å²) in [5, 5.41) is 19.1. The van der Waals surface area contributed by atoms with E-state index < -0.39 is 18.4 Å². The van der Waals surface area contributed by atoms with Crippen molar-refractivity contribution < 1.29 is 19.5 Å². The summed E-state index contributed by atoms with van der Waals surface area (Å²) in [6.45, 7) is 3.62. The fourth-order valence-electron chi connectivity index (χ4n) is 2.78. The molecule has 1 aliphatic heterocycles. The smallest absolute Gasteiger partial charge is 0.313 e. The molecule has 120 valence electrons. The molecule has 2 aromatic rings. The van der Waals surface area contributed by atoms with Gasteiger partial charge in [-0.15, -0.1) is 0 Å². The fourth-order valence-corrected chi connectivity index (χ4v) is 2.78. The number of fused-ring (bicyclic) bond motifs is 1. The lowest BCUT2D eigenvalue weighted by Gasteiger charge is -2.10. The quantitative estimate of drug-likeness (QED) is 0.528. The van der Waals surface area contributed by atoms with E-state index in [2.05, 4.69) is 9.97 Å². The molecule has 9 heteroatoms. The minimum Gasteiger partial charge on any atom is -0.394 e. The van der Waals surface area contributed by atoms with Crippen LogP contribution in [-0.2, 0) is 4.74 Å². The van der Waals surface area contributed by atoms with Crippen LogP contribution in [0.1, 0.15) is 32.5 Å². The molecule has 1 fully saturated rings. The Morgan fingerprint density at radius 1 is 1.64 bits per heavy atom. The predicted molar refractivity (Wildman–Crippen MR) is 77.0 cm³/mol. The molecule has 0 radical (unpaired) electrons. The van der Waals surface area contributed by atoms with Crippen molar-refractivity contribution in [1.82, 2.24) is 14.5 Å². The van der Waals surface area contributed by atoms with Crippen LogP contribution in [0.2, 0.25) is 0 Å². The number of nitrogens with one attached hydrogen (secondary N) is 1. The molecule has 1 aliphatic rings. The maximum Gasteiger partial charge on any atom is 0.313 e. The van der Waals surface area contributed by atoms with Crippen molar-refractivity contribution in [1.29, 1.82) is 0 Å². The molecule has 0 aliphatic carbocycles. The molecule has 0 bridgehead atoms. The Morgan fingerprint density at radius 2 is 2.36 bits per heavy atom. The van der Waals surface area contributed by atoms with Crippen molar-refractivity contribution >= 4 is 17.1 Å². The van der Waals surface area contributed by atoms with E-state index in [9.17, 15) is 15.0 Å². The summed E-state index contributed by atoms with van der Waals surface area (Å²) in [7, 11) is 0. The minimum absolute atomic E-state index is 0.0185. The van der Waals surface area contributed by atoms with E-state index in [1.807, 2.05) is 13.8 Å². The number of anilines is 1. The van der Waals surface area contributed by atoms with Crippen LogP contribution in [0.4, 0.5) is 5.95 Å². The van der Waals surface area contributed by atoms with Gasteiger partial charge in [0.25, 0.3) is 11.5 Å². The summed E-state index contributed by atoms with van der Waals surface area (Å²) in [6, 6.07) is 0.0373. The van der Waals surface area contributed by atoms with Gasteiger partial charge in [-0.3, -0.25) is 14.3 Å². The highest BCUT2D eigenvalue weighted by atomic mass is 16.5. The molecule has 3 rings (SSSR count). The number of imidazole rings is 1. The molecule has 22 heavy (non-hydrogen) atoms. The Kier molecular flexibility index (Phi) is 3.63. The van der Waals surface area contributed by atoms with Crippen LogP contribution in [0.15, 0.2) is 11.1 Å². The lowest BCUT2D eigenvalue weighted by molar-refractivity contribution is -0.739. The number of rotatable bonds is 3. The maximum atomic E-state index is 12.2. The highest BCUT2D eigenvalue weighted by Crippen LogP contribution is 2.26. The fraction of sp³-hybridized carbons (Fsp3) is 0.615. The predicted octanol–water partition coefficient (Wildman–Crippen LogP) is -1.18. The number of H-pyrrole nitrogens is 1. The monoisotopic (exact) mass is 310 g/mol. The SMILES string of the molecule is CC(C)n1c[n+]([C@H]2C[C@H](O)[C@@H](CO)O2)c2nc(N)[nH]c(=O)c21. The Labute approximate surface area is 126 Å². The molecule has 3 heterocycles. The number of nitrogen functional groups attached to an aromatic ring is 1. The van der Waals surface area contributed by atoms with Gasteiger partial charge in [-0.2, -0.15) is 0 Å². The lowest BCUT2D eigenvalue weighted by atomic mass is 10.2. The summed E-state index contributed by atoms with van der Waals surface area (Å²) in [5.41, 5.74) is 6.10. The van der Waals surface area contributed by atoms with Gasteiger partial charge in [0.2, 0.25) is 5.52 Å². The van der Waals surface area contributed by atoms with Gasteiger partial charge in [-0.25, -0.2) is 4.57 Å². The molecular weight excluding hydrogens is 290 g/mol. The molecule has 3 atom stereocenters. The highest BCUT2D eigenvalue weighted by molar-refractivity contribution is 5.67. The van der Waals surface area contributed by atoms with Crippen LogP contribution < -0.4 is 15.9 Å². The number of aromatic amines is 1. The van der Waals surface area contributed by atoms with Crippen LogP contribution in [-0.4, -0.2) is 43.6 Å². The van der Waals surface area contributed by atoms with Gasteiger partial charge in [0.1, 0.15) is 6.10 Å². The Morgan fingerprint density at radius 3 is 2.95 bits per heavy atom. The van der Waals surface area contributed by atoms with Crippen LogP contribution in [0.5, 0.6) is 0 Å². The lowest BCUT2D eigenvalue weighted by Crippen LogP contribution is -2.39. The van der Waals surface area contributed by atoms with Crippen molar-refractivity contribution in [3.05, 3.63) is 16.7 Å². The van der Waals surface area contributed by atoms with Crippen molar-refractivity contribution in [2.75, 3.05) is 12.3 Å². The second-order valence-corrected chi connectivity index (χ2v) is 5.76. The van der Waals surface area contributed by atoms with E-state index in [1.165, 1.54) is 0 Å². The summed E-state index contributed by atoms with van der Waals surface area (Å²) in [5.74, 6) is 0.0185. The highest BCUT2D eigenvalue weighted by Gasteiger charge is 2.39. The molecular formula is C13H20N5O4+. The van der Waals surface area contributed by atoms with Gasteiger partial charge in [0.15, 0.2) is 12.6 Å². The number of aromatic nitrogens is 4. The van der Waals surface area contributed by atoms with Gasteiger partial charge >= 0.3 is 5.65 Å². The first kappa shape index (κ1) is 14.9. The zero-order valence-corrected chi connectivity index (χ0v) is 12.4. The summed E-state index contributed by atoms with van der Waals surface area (Å²) >= 11 is 0. The van der Waals surface area contributed by atoms with Crippen molar-refractivity contribution in [3.8, 4) is 0 Å². The molecule has 0 amide bonds. The first-order chi connectivity index (χ1) is 10.4. The summed E-state index contributed by atoms with van der Waals surface area (Å²) in [4.78, 5) is 18.9. The van der Waals surface area contributed by atoms with E-state index in [0.29, 0.717) is 17.6 Å². The third-order valence-electron chi connectivity index (χ3n) is 3.90. The number of nitrogens with two attached hydrogens (primary N) is 1. The number of hydrogen-bond acceptors (Lipinski definition) is 6. The summed E-state index contributed by atoms with van der Waals surface area (Å²) in [6.07, 6.45) is 0.118. The molecule has 5 N–H and O–H groups in total. The zero-order chi connectivity index (χ0) is 16.0. The van der Waals surface area contributed by atoms with Crippen molar-refractivity contribution in [2.45, 2.75) is 44.7 Å². The van der Waals surface area contributed by atoms with Crippen LogP contribution in [0, 0.1) is 0 Å². The van der Waals surface area contributed by atoms with Gasteiger partial charge in [-0.05, 0) is 13.8 Å². The van der Waals surface area contributed by atoms with E-state index in [4.69, 9.17) is 10.5 Å². The largest absolute Gasteiger partial charge is 0.394 e. The Bertz CT molecular complexity index is 753. The Balaban J connectivity index is 2.16. The molecule has 2 aromatic heterocycles. The van der Waals surface area contributed by atoms with Gasteiger partial charge in [0.05, 0.1) is 18.8 Å². The molecule has 0 saturated carbocycles. The average molecular weight is 310 g/mol. The van der Waals surface area contributed by atoms with Crippen LogP contribution in [0.3, 0.4) is 0 Å². The van der Waals surface area contributed by atoms with E-state index in [1.54, 1.807) is 15.5 Å². The maximum absolute atomic E-state index is 12.2. The second-order valence-electron chi connectivity index (χ2n) is 5.76. The second kappa shape index (κ2) is 5.34. The molecule has 1 saturated heterocycles.